The van der Waals surface area contributed by atoms with E-state index in [0.29, 0.717) is 22.8 Å². The van der Waals surface area contributed by atoms with Gasteiger partial charge in [-0.3, -0.25) is 4.79 Å². The van der Waals surface area contributed by atoms with Crippen LogP contribution in [0.3, 0.4) is 0 Å². The first-order chi connectivity index (χ1) is 11.5. The summed E-state index contributed by atoms with van der Waals surface area (Å²) < 4.78 is 6.68. The molecule has 124 valence electrons. The molecule has 0 aromatic carbocycles. The largest absolute Gasteiger partial charge is 0.479 e. The molecule has 0 atom stereocenters. The number of nitro groups is 1. The van der Waals surface area contributed by atoms with Gasteiger partial charge < -0.3 is 14.9 Å². The summed E-state index contributed by atoms with van der Waals surface area (Å²) in [5.41, 5.74) is 0.579. The van der Waals surface area contributed by atoms with E-state index in [1.807, 2.05) is 6.92 Å². The highest BCUT2D eigenvalue weighted by Gasteiger charge is 2.18. The molecule has 3 rings (SSSR count). The molecule has 0 amide bonds. The van der Waals surface area contributed by atoms with Gasteiger partial charge in [-0.1, -0.05) is 18.3 Å². The van der Waals surface area contributed by atoms with E-state index in [4.69, 9.17) is 4.74 Å². The van der Waals surface area contributed by atoms with Crippen molar-refractivity contribution in [3.05, 3.63) is 55.1 Å². The third-order valence-electron chi connectivity index (χ3n) is 3.17. The maximum absolute atomic E-state index is 12.1. The highest BCUT2D eigenvalue weighted by atomic mass is 32.1. The molecule has 3 heterocycles. The molecule has 9 nitrogen and oxygen atoms in total. The van der Waals surface area contributed by atoms with E-state index < -0.39 is 4.92 Å². The van der Waals surface area contributed by atoms with Gasteiger partial charge in [0.2, 0.25) is 10.7 Å². The van der Waals surface area contributed by atoms with Crippen LogP contribution in [0.15, 0.2) is 23.0 Å². The SMILES string of the molecule is CCc1nn2c(=O)cc(COc3ccc(C)nc3[N+](=O)[O-])nc2s1. The van der Waals surface area contributed by atoms with Gasteiger partial charge in [0.05, 0.1) is 5.69 Å². The van der Waals surface area contributed by atoms with Crippen LogP contribution in [-0.4, -0.2) is 24.5 Å². The fourth-order valence-corrected chi connectivity index (χ4v) is 2.90. The quantitative estimate of drug-likeness (QED) is 0.511. The van der Waals surface area contributed by atoms with Gasteiger partial charge in [0.15, 0.2) is 0 Å². The topological polar surface area (TPSA) is 113 Å². The van der Waals surface area contributed by atoms with Crippen LogP contribution in [0.2, 0.25) is 0 Å². The van der Waals surface area contributed by atoms with E-state index in [1.54, 1.807) is 13.0 Å². The Kier molecular flexibility index (Phi) is 4.21. The molecule has 0 aliphatic carbocycles. The van der Waals surface area contributed by atoms with Gasteiger partial charge in [0, 0.05) is 13.0 Å². The number of ether oxygens (including phenoxy) is 1. The minimum absolute atomic E-state index is 0.0335. The number of aryl methyl sites for hydroxylation is 2. The van der Waals surface area contributed by atoms with Crippen LogP contribution in [0.5, 0.6) is 5.75 Å². The lowest BCUT2D eigenvalue weighted by atomic mass is 10.3. The van der Waals surface area contributed by atoms with Gasteiger partial charge in [-0.2, -0.15) is 9.61 Å². The van der Waals surface area contributed by atoms with E-state index >= 15 is 0 Å². The molecule has 3 aromatic heterocycles. The summed E-state index contributed by atoms with van der Waals surface area (Å²) in [6.07, 6.45) is 0.709. The predicted molar refractivity (Wildman–Crippen MR) is 86.5 cm³/mol. The van der Waals surface area contributed by atoms with Crippen molar-refractivity contribution in [2.24, 2.45) is 0 Å². The van der Waals surface area contributed by atoms with Crippen molar-refractivity contribution in [2.45, 2.75) is 26.9 Å². The van der Waals surface area contributed by atoms with Crippen molar-refractivity contribution in [1.82, 2.24) is 19.6 Å². The number of pyridine rings is 1. The number of rotatable bonds is 5. The summed E-state index contributed by atoms with van der Waals surface area (Å²) in [5, 5.41) is 16.0. The molecule has 0 N–H and O–H groups in total. The van der Waals surface area contributed by atoms with E-state index in [9.17, 15) is 14.9 Å². The standard InChI is InChI=1S/C14H13N5O4S/c1-3-11-17-18-12(20)6-9(16-14(18)24-11)7-23-10-5-4-8(2)15-13(10)19(21)22/h4-6H,3,7H2,1-2H3. The molecule has 3 aromatic rings. The van der Waals surface area contributed by atoms with Crippen molar-refractivity contribution in [3.8, 4) is 5.75 Å². The Balaban J connectivity index is 1.88. The lowest BCUT2D eigenvalue weighted by molar-refractivity contribution is -0.390. The molecule has 0 saturated heterocycles. The molecular weight excluding hydrogens is 334 g/mol. The highest BCUT2D eigenvalue weighted by molar-refractivity contribution is 7.16. The molecule has 0 spiro atoms. The first-order valence-corrected chi connectivity index (χ1v) is 7.93. The van der Waals surface area contributed by atoms with Crippen LogP contribution < -0.4 is 10.3 Å². The molecule has 0 unspecified atom stereocenters. The van der Waals surface area contributed by atoms with Gasteiger partial charge >= 0.3 is 5.82 Å². The molecule has 0 aliphatic rings. The van der Waals surface area contributed by atoms with Crippen LogP contribution in [0.25, 0.3) is 4.96 Å². The van der Waals surface area contributed by atoms with Crippen molar-refractivity contribution >= 4 is 22.1 Å². The summed E-state index contributed by atoms with van der Waals surface area (Å²) in [5.74, 6) is -0.329. The van der Waals surface area contributed by atoms with Crippen LogP contribution in [0.4, 0.5) is 5.82 Å². The maximum Gasteiger partial charge on any atom is 0.406 e. The average Bonchev–Trinajstić information content (AvgIpc) is 2.97. The average molecular weight is 347 g/mol. The second-order valence-corrected chi connectivity index (χ2v) is 5.99. The van der Waals surface area contributed by atoms with Gasteiger partial charge in [-0.25, -0.2) is 4.98 Å². The second-order valence-electron chi connectivity index (χ2n) is 4.95. The molecule has 0 saturated carbocycles. The highest BCUT2D eigenvalue weighted by Crippen LogP contribution is 2.25. The Labute approximate surface area is 139 Å². The van der Waals surface area contributed by atoms with Crippen LogP contribution >= 0.6 is 11.3 Å². The number of hydrogen-bond acceptors (Lipinski definition) is 8. The third-order valence-corrected chi connectivity index (χ3v) is 4.22. The lowest BCUT2D eigenvalue weighted by Gasteiger charge is -2.06. The summed E-state index contributed by atoms with van der Waals surface area (Å²) in [7, 11) is 0. The zero-order valence-electron chi connectivity index (χ0n) is 12.9. The summed E-state index contributed by atoms with van der Waals surface area (Å²) >= 11 is 1.32. The first-order valence-electron chi connectivity index (χ1n) is 7.11. The van der Waals surface area contributed by atoms with Crippen LogP contribution in [0.1, 0.15) is 23.3 Å². The fraction of sp³-hybridized carbons (Fsp3) is 0.286. The summed E-state index contributed by atoms with van der Waals surface area (Å²) in [4.78, 5) is 31.1. The molecule has 0 fully saturated rings. The van der Waals surface area contributed by atoms with E-state index in [0.717, 1.165) is 5.01 Å². The van der Waals surface area contributed by atoms with E-state index in [2.05, 4.69) is 15.1 Å². The van der Waals surface area contributed by atoms with Gasteiger partial charge in [0.25, 0.3) is 5.56 Å². The zero-order chi connectivity index (χ0) is 17.3. The van der Waals surface area contributed by atoms with Crippen molar-refractivity contribution in [2.75, 3.05) is 0 Å². The molecule has 0 aliphatic heterocycles. The number of hydrogen-bond donors (Lipinski definition) is 0. The normalized spacial score (nSPS) is 10.9. The smallest absolute Gasteiger partial charge is 0.406 e. The Bertz CT molecular complexity index is 981. The van der Waals surface area contributed by atoms with E-state index in [1.165, 1.54) is 28.0 Å². The van der Waals surface area contributed by atoms with Gasteiger partial charge in [-0.05, 0) is 28.5 Å². The number of aromatic nitrogens is 4. The molecular formula is C14H13N5O4S. The second kappa shape index (κ2) is 6.32. The Morgan fingerprint density at radius 2 is 2.17 bits per heavy atom. The Morgan fingerprint density at radius 3 is 2.88 bits per heavy atom. The molecule has 0 radical (unpaired) electrons. The van der Waals surface area contributed by atoms with E-state index in [-0.39, 0.29) is 23.7 Å². The summed E-state index contributed by atoms with van der Waals surface area (Å²) in [6, 6.07) is 4.40. The predicted octanol–water partition coefficient (Wildman–Crippen LogP) is 1.90. The molecule has 0 bridgehead atoms. The Morgan fingerprint density at radius 1 is 1.38 bits per heavy atom. The van der Waals surface area contributed by atoms with Crippen LogP contribution in [-0.2, 0) is 13.0 Å². The van der Waals surface area contributed by atoms with Crippen LogP contribution in [0, 0.1) is 17.0 Å². The monoisotopic (exact) mass is 347 g/mol. The van der Waals surface area contributed by atoms with Crippen molar-refractivity contribution < 1.29 is 9.66 Å². The number of fused-ring (bicyclic) bond motifs is 1. The minimum atomic E-state index is -0.607. The zero-order valence-corrected chi connectivity index (χ0v) is 13.7. The minimum Gasteiger partial charge on any atom is -0.479 e. The summed E-state index contributed by atoms with van der Waals surface area (Å²) in [6.45, 7) is 3.52. The van der Waals surface area contributed by atoms with Gasteiger partial charge in [-0.15, -0.1) is 0 Å². The maximum atomic E-state index is 12.1. The van der Waals surface area contributed by atoms with Crippen molar-refractivity contribution in [1.29, 1.82) is 0 Å². The lowest BCUT2D eigenvalue weighted by Crippen LogP contribution is -2.16. The molecule has 24 heavy (non-hydrogen) atoms. The Hall–Kier alpha value is -2.88. The third kappa shape index (κ3) is 3.08. The van der Waals surface area contributed by atoms with Crippen molar-refractivity contribution in [3.63, 3.8) is 0 Å². The number of nitrogens with zero attached hydrogens (tertiary/aromatic N) is 5. The first kappa shape index (κ1) is 16.0. The molecule has 10 heteroatoms. The fourth-order valence-electron chi connectivity index (χ4n) is 2.04. The van der Waals surface area contributed by atoms with Gasteiger partial charge in [0.1, 0.15) is 17.3 Å².